The van der Waals surface area contributed by atoms with E-state index in [2.05, 4.69) is 22.3 Å². The zero-order chi connectivity index (χ0) is 27.5. The number of rotatable bonds is 7. The molecule has 7 heteroatoms. The van der Waals surface area contributed by atoms with Gasteiger partial charge in [-0.2, -0.15) is 0 Å². The molecular weight excluding hydrogens is 518 g/mol. The van der Waals surface area contributed by atoms with Gasteiger partial charge in [0.2, 0.25) is 0 Å². The number of nitrogens with zero attached hydrogens (tertiary/aromatic N) is 2. The highest BCUT2D eigenvalue weighted by Crippen LogP contribution is 2.38. The minimum atomic E-state index is -0.392. The molecule has 0 saturated heterocycles. The molecule has 0 spiro atoms. The number of benzene rings is 3. The lowest BCUT2D eigenvalue weighted by atomic mass is 10.0. The Kier molecular flexibility index (Phi) is 7.40. The fraction of sp³-hybridized carbons (Fsp3) is 0.182. The molecule has 2 aromatic heterocycles. The molecule has 3 aromatic carbocycles. The first-order valence-electron chi connectivity index (χ1n) is 13.4. The van der Waals surface area contributed by atoms with E-state index in [1.807, 2.05) is 78.9 Å². The lowest BCUT2D eigenvalue weighted by molar-refractivity contribution is 0.0526. The predicted molar refractivity (Wildman–Crippen MR) is 160 cm³/mol. The summed E-state index contributed by atoms with van der Waals surface area (Å²) in [5.41, 5.74) is 5.61. The van der Waals surface area contributed by atoms with Crippen LogP contribution in [0.1, 0.15) is 43.6 Å². The van der Waals surface area contributed by atoms with Gasteiger partial charge in [0.15, 0.2) is 0 Å². The summed E-state index contributed by atoms with van der Waals surface area (Å²) >= 11 is 1.47. The summed E-state index contributed by atoms with van der Waals surface area (Å²) < 4.78 is 5.44. The highest BCUT2D eigenvalue weighted by molar-refractivity contribution is 7.17. The Morgan fingerprint density at radius 1 is 0.975 bits per heavy atom. The average Bonchev–Trinajstić information content (AvgIpc) is 3.34. The van der Waals surface area contributed by atoms with E-state index in [0.29, 0.717) is 22.7 Å². The molecule has 200 valence electrons. The molecule has 0 bridgehead atoms. The maximum absolute atomic E-state index is 13.9. The average molecular weight is 548 g/mol. The first-order valence-corrected chi connectivity index (χ1v) is 14.3. The van der Waals surface area contributed by atoms with Gasteiger partial charge in [-0.1, -0.05) is 78.9 Å². The third-order valence-corrected chi connectivity index (χ3v) is 8.25. The summed E-state index contributed by atoms with van der Waals surface area (Å²) in [6.07, 6.45) is 0.721. The molecule has 1 amide bonds. The van der Waals surface area contributed by atoms with Crippen LogP contribution >= 0.6 is 11.3 Å². The smallest absolute Gasteiger partial charge is 0.341 e. The van der Waals surface area contributed by atoms with Gasteiger partial charge in [-0.15, -0.1) is 11.3 Å². The minimum absolute atomic E-state index is 0.270. The molecule has 40 heavy (non-hydrogen) atoms. The third-order valence-electron chi connectivity index (χ3n) is 7.12. The van der Waals surface area contributed by atoms with E-state index in [4.69, 9.17) is 9.72 Å². The molecule has 0 aliphatic carbocycles. The molecule has 3 heterocycles. The van der Waals surface area contributed by atoms with Gasteiger partial charge in [-0.05, 0) is 36.6 Å². The number of pyridine rings is 1. The summed E-state index contributed by atoms with van der Waals surface area (Å²) in [7, 11) is 0. The summed E-state index contributed by atoms with van der Waals surface area (Å²) in [5.74, 6) is -0.669. The van der Waals surface area contributed by atoms with E-state index < -0.39 is 5.97 Å². The molecule has 0 saturated carbocycles. The zero-order valence-electron chi connectivity index (χ0n) is 22.2. The number of carbonyl (C=O) groups excluding carboxylic acids is 2. The molecule has 5 aromatic rings. The van der Waals surface area contributed by atoms with Gasteiger partial charge in [0.25, 0.3) is 5.91 Å². The Morgan fingerprint density at radius 3 is 2.48 bits per heavy atom. The number of thiophene rings is 1. The first kappa shape index (κ1) is 25.9. The van der Waals surface area contributed by atoms with Crippen molar-refractivity contribution in [3.8, 4) is 11.3 Å². The van der Waals surface area contributed by atoms with E-state index >= 15 is 0 Å². The highest BCUT2D eigenvalue weighted by Gasteiger charge is 2.30. The van der Waals surface area contributed by atoms with Crippen molar-refractivity contribution in [2.75, 3.05) is 18.5 Å². The van der Waals surface area contributed by atoms with Crippen molar-refractivity contribution in [1.29, 1.82) is 0 Å². The van der Waals surface area contributed by atoms with Crippen LogP contribution in [0.25, 0.3) is 22.2 Å². The van der Waals surface area contributed by atoms with Gasteiger partial charge in [-0.25, -0.2) is 9.78 Å². The Bertz CT molecular complexity index is 1680. The summed E-state index contributed by atoms with van der Waals surface area (Å²) in [6, 6.07) is 29.6. The number of fused-ring (bicyclic) bond motifs is 2. The lowest BCUT2D eigenvalue weighted by Crippen LogP contribution is -2.29. The quantitative estimate of drug-likeness (QED) is 0.223. The van der Waals surface area contributed by atoms with Crippen LogP contribution in [0, 0.1) is 0 Å². The van der Waals surface area contributed by atoms with Crippen molar-refractivity contribution in [3.05, 3.63) is 118 Å². The normalized spacial score (nSPS) is 13.1. The van der Waals surface area contributed by atoms with Crippen molar-refractivity contribution in [2.45, 2.75) is 26.4 Å². The second-order valence-electron chi connectivity index (χ2n) is 9.77. The van der Waals surface area contributed by atoms with E-state index in [0.717, 1.165) is 52.1 Å². The molecule has 0 fully saturated rings. The largest absolute Gasteiger partial charge is 0.462 e. The van der Waals surface area contributed by atoms with Crippen molar-refractivity contribution < 1.29 is 14.3 Å². The number of ether oxygens (including phenoxy) is 1. The maximum Gasteiger partial charge on any atom is 0.341 e. The van der Waals surface area contributed by atoms with Crippen molar-refractivity contribution in [2.24, 2.45) is 0 Å². The monoisotopic (exact) mass is 547 g/mol. The van der Waals surface area contributed by atoms with Gasteiger partial charge in [0.05, 0.1) is 28.9 Å². The van der Waals surface area contributed by atoms with E-state index in [9.17, 15) is 9.59 Å². The van der Waals surface area contributed by atoms with Crippen molar-refractivity contribution in [3.63, 3.8) is 0 Å². The summed E-state index contributed by atoms with van der Waals surface area (Å²) in [4.78, 5) is 35.3. The SMILES string of the molecule is CCOC(=O)c1c(NC(=O)c2cc(-c3ccccc3)nc3ccccc23)sc2c1CCN(Cc1ccccc1)C2. The van der Waals surface area contributed by atoms with Crippen LogP contribution in [0.15, 0.2) is 91.0 Å². The minimum Gasteiger partial charge on any atom is -0.462 e. The molecule has 1 N–H and O–H groups in total. The number of nitrogens with one attached hydrogen (secondary N) is 1. The number of anilines is 1. The Labute approximate surface area is 237 Å². The number of carbonyl (C=O) groups is 2. The topological polar surface area (TPSA) is 71.5 Å². The number of amides is 1. The number of hydrogen-bond donors (Lipinski definition) is 1. The van der Waals surface area contributed by atoms with Crippen LogP contribution in [-0.2, 0) is 24.2 Å². The van der Waals surface area contributed by atoms with Gasteiger partial charge in [0, 0.05) is 35.5 Å². The zero-order valence-corrected chi connectivity index (χ0v) is 23.0. The molecule has 6 nitrogen and oxygen atoms in total. The molecule has 0 atom stereocenters. The van der Waals surface area contributed by atoms with Crippen LogP contribution < -0.4 is 5.32 Å². The van der Waals surface area contributed by atoms with Crippen LogP contribution in [-0.4, -0.2) is 34.9 Å². The van der Waals surface area contributed by atoms with Gasteiger partial charge >= 0.3 is 5.97 Å². The Balaban J connectivity index is 1.35. The Hall–Kier alpha value is -4.33. The first-order chi connectivity index (χ1) is 19.6. The molecule has 1 aliphatic rings. The van der Waals surface area contributed by atoms with Crippen LogP contribution in [0.2, 0.25) is 0 Å². The molecule has 6 rings (SSSR count). The molecular formula is C33H29N3O3S. The van der Waals surface area contributed by atoms with Gasteiger partial charge in [0.1, 0.15) is 5.00 Å². The summed E-state index contributed by atoms with van der Waals surface area (Å²) in [6.45, 7) is 4.44. The number of hydrogen-bond acceptors (Lipinski definition) is 6. The van der Waals surface area contributed by atoms with Crippen molar-refractivity contribution in [1.82, 2.24) is 9.88 Å². The van der Waals surface area contributed by atoms with Crippen LogP contribution in [0.5, 0.6) is 0 Å². The van der Waals surface area contributed by atoms with Crippen LogP contribution in [0.4, 0.5) is 5.00 Å². The fourth-order valence-corrected chi connectivity index (χ4v) is 6.50. The second-order valence-corrected chi connectivity index (χ2v) is 10.9. The van der Waals surface area contributed by atoms with Gasteiger partial charge in [-0.3, -0.25) is 9.69 Å². The van der Waals surface area contributed by atoms with E-state index in [1.165, 1.54) is 16.9 Å². The van der Waals surface area contributed by atoms with Gasteiger partial charge < -0.3 is 10.1 Å². The number of esters is 1. The highest BCUT2D eigenvalue weighted by atomic mass is 32.1. The van der Waals surface area contributed by atoms with E-state index in [1.54, 1.807) is 6.92 Å². The predicted octanol–water partition coefficient (Wildman–Crippen LogP) is 6.95. The fourth-order valence-electron chi connectivity index (χ4n) is 5.23. The number of para-hydroxylation sites is 1. The lowest BCUT2D eigenvalue weighted by Gasteiger charge is -2.27. The summed E-state index contributed by atoms with van der Waals surface area (Å²) in [5, 5.41) is 4.39. The van der Waals surface area contributed by atoms with E-state index in [-0.39, 0.29) is 12.5 Å². The van der Waals surface area contributed by atoms with Crippen molar-refractivity contribution >= 4 is 39.1 Å². The maximum atomic E-state index is 13.9. The molecule has 1 aliphatic heterocycles. The third kappa shape index (κ3) is 5.26. The second kappa shape index (κ2) is 11.4. The number of aromatic nitrogens is 1. The molecule has 0 unspecified atom stereocenters. The molecule has 0 radical (unpaired) electrons. The standard InChI is InChI=1S/C33H29N3O3S/c1-2-39-33(38)30-25-17-18-36(20-22-11-5-3-6-12-22)21-29(25)40-32(30)35-31(37)26-19-28(23-13-7-4-8-14-23)34-27-16-10-9-15-24(26)27/h3-16,19H,2,17-18,20-21H2,1H3,(H,35,37). The Morgan fingerprint density at radius 2 is 1.70 bits per heavy atom. The van der Waals surface area contributed by atoms with Crippen LogP contribution in [0.3, 0.4) is 0 Å².